The van der Waals surface area contributed by atoms with Crippen LogP contribution in [0.2, 0.25) is 5.02 Å². The smallest absolute Gasteiger partial charge is 0.207 e. The van der Waals surface area contributed by atoms with Crippen molar-refractivity contribution in [2.75, 3.05) is 0 Å². The van der Waals surface area contributed by atoms with Gasteiger partial charge in [-0.3, -0.25) is 0 Å². The van der Waals surface area contributed by atoms with Crippen molar-refractivity contribution in [2.45, 2.75) is 13.1 Å². The minimum atomic E-state index is -4.56. The molecule has 0 spiro atoms. The van der Waals surface area contributed by atoms with Crippen LogP contribution in [0.25, 0.3) is 0 Å². The van der Waals surface area contributed by atoms with Crippen LogP contribution in [0.4, 0.5) is 17.6 Å². The first-order chi connectivity index (χ1) is 5.82. The lowest BCUT2D eigenvalue weighted by Gasteiger charge is -2.08. The standard InChI is InChI=1S/C8H5ClF4/c1-4-6(9)2-5(3-7(4)10)8(11,12)13/h2-3H,1H3. The molecular weight excluding hydrogens is 208 g/mol. The topological polar surface area (TPSA) is 0 Å². The number of rotatable bonds is 0. The van der Waals surface area contributed by atoms with Gasteiger partial charge >= 0.3 is 6.18 Å². The summed E-state index contributed by atoms with van der Waals surface area (Å²) >= 11 is 5.39. The maximum Gasteiger partial charge on any atom is 0.416 e. The van der Waals surface area contributed by atoms with Crippen molar-refractivity contribution in [2.24, 2.45) is 0 Å². The molecule has 0 unspecified atom stereocenters. The third-order valence-corrected chi connectivity index (χ3v) is 2.00. The summed E-state index contributed by atoms with van der Waals surface area (Å²) in [6.07, 6.45) is -4.56. The molecule has 13 heavy (non-hydrogen) atoms. The first-order valence-electron chi connectivity index (χ1n) is 3.35. The van der Waals surface area contributed by atoms with E-state index in [0.717, 1.165) is 0 Å². The molecule has 0 saturated heterocycles. The first kappa shape index (κ1) is 10.3. The number of benzene rings is 1. The third kappa shape index (κ3) is 2.12. The van der Waals surface area contributed by atoms with Crippen LogP contribution in [0.15, 0.2) is 12.1 Å². The Balaban J connectivity index is 3.29. The van der Waals surface area contributed by atoms with Crippen molar-refractivity contribution in [3.8, 4) is 0 Å². The summed E-state index contributed by atoms with van der Waals surface area (Å²) in [5, 5.41) is -0.215. The summed E-state index contributed by atoms with van der Waals surface area (Å²) in [5.74, 6) is -0.945. The zero-order valence-electron chi connectivity index (χ0n) is 6.54. The molecule has 0 fully saturated rings. The van der Waals surface area contributed by atoms with E-state index < -0.39 is 17.6 Å². The zero-order chi connectivity index (χ0) is 10.2. The highest BCUT2D eigenvalue weighted by Gasteiger charge is 2.31. The molecule has 1 aromatic carbocycles. The van der Waals surface area contributed by atoms with E-state index in [0.29, 0.717) is 12.1 Å². The SMILES string of the molecule is Cc1c(F)cc(C(F)(F)F)cc1Cl. The molecule has 0 amide bonds. The Morgan fingerprint density at radius 1 is 1.23 bits per heavy atom. The fraction of sp³-hybridized carbons (Fsp3) is 0.250. The minimum absolute atomic E-state index is 0.0228. The molecule has 0 radical (unpaired) electrons. The predicted molar refractivity (Wildman–Crippen MR) is 41.1 cm³/mol. The molecule has 0 aliphatic heterocycles. The maximum absolute atomic E-state index is 12.8. The van der Waals surface area contributed by atoms with E-state index in [4.69, 9.17) is 11.6 Å². The van der Waals surface area contributed by atoms with Gasteiger partial charge in [-0.2, -0.15) is 13.2 Å². The van der Waals surface area contributed by atoms with E-state index in [2.05, 4.69) is 0 Å². The number of hydrogen-bond donors (Lipinski definition) is 0. The largest absolute Gasteiger partial charge is 0.416 e. The zero-order valence-corrected chi connectivity index (χ0v) is 7.30. The lowest BCUT2D eigenvalue weighted by Crippen LogP contribution is -2.06. The summed E-state index contributed by atoms with van der Waals surface area (Å²) in [6.45, 7) is 1.32. The Kier molecular flexibility index (Phi) is 2.52. The number of alkyl halides is 3. The average molecular weight is 213 g/mol. The highest BCUT2D eigenvalue weighted by Crippen LogP contribution is 2.33. The van der Waals surface area contributed by atoms with Gasteiger partial charge in [-0.1, -0.05) is 11.6 Å². The van der Waals surface area contributed by atoms with Crippen molar-refractivity contribution in [1.29, 1.82) is 0 Å². The predicted octanol–water partition coefficient (Wildman–Crippen LogP) is 3.81. The highest BCUT2D eigenvalue weighted by atomic mass is 35.5. The number of hydrogen-bond acceptors (Lipinski definition) is 0. The van der Waals surface area contributed by atoms with E-state index in [9.17, 15) is 17.6 Å². The van der Waals surface area contributed by atoms with Crippen LogP contribution in [-0.2, 0) is 6.18 Å². The molecule has 0 aliphatic rings. The number of halogens is 5. The summed E-state index contributed by atoms with van der Waals surface area (Å²) < 4.78 is 48.9. The van der Waals surface area contributed by atoms with Gasteiger partial charge in [0.05, 0.1) is 5.56 Å². The monoisotopic (exact) mass is 212 g/mol. The quantitative estimate of drug-likeness (QED) is 0.574. The van der Waals surface area contributed by atoms with Crippen molar-refractivity contribution >= 4 is 11.6 Å². The van der Waals surface area contributed by atoms with Gasteiger partial charge in [0.2, 0.25) is 0 Å². The lowest BCUT2D eigenvalue weighted by molar-refractivity contribution is -0.137. The molecule has 72 valence electrons. The Labute approximate surface area is 77.1 Å². The fourth-order valence-electron chi connectivity index (χ4n) is 0.809. The summed E-state index contributed by atoms with van der Waals surface area (Å²) in [6, 6.07) is 1.14. The van der Waals surface area contributed by atoms with E-state index in [1.54, 1.807) is 0 Å². The summed E-state index contributed by atoms with van der Waals surface area (Å²) in [7, 11) is 0. The second kappa shape index (κ2) is 3.18. The molecule has 5 heteroatoms. The average Bonchev–Trinajstić information content (AvgIpc) is 1.97. The molecule has 0 atom stereocenters. The van der Waals surface area contributed by atoms with Gasteiger partial charge in [0.1, 0.15) is 5.82 Å². The van der Waals surface area contributed by atoms with Gasteiger partial charge in [-0.25, -0.2) is 4.39 Å². The van der Waals surface area contributed by atoms with Gasteiger partial charge < -0.3 is 0 Å². The first-order valence-corrected chi connectivity index (χ1v) is 3.73. The van der Waals surface area contributed by atoms with Gasteiger partial charge in [0.15, 0.2) is 0 Å². The van der Waals surface area contributed by atoms with Gasteiger partial charge in [0.25, 0.3) is 0 Å². The molecule has 0 heterocycles. The van der Waals surface area contributed by atoms with Crippen LogP contribution in [0.5, 0.6) is 0 Å². The Morgan fingerprint density at radius 3 is 2.15 bits per heavy atom. The lowest BCUT2D eigenvalue weighted by atomic mass is 10.1. The third-order valence-electron chi connectivity index (χ3n) is 1.61. The van der Waals surface area contributed by atoms with Crippen LogP contribution < -0.4 is 0 Å². The van der Waals surface area contributed by atoms with E-state index >= 15 is 0 Å². The summed E-state index contributed by atoms with van der Waals surface area (Å²) in [4.78, 5) is 0. The minimum Gasteiger partial charge on any atom is -0.207 e. The van der Waals surface area contributed by atoms with Crippen molar-refractivity contribution in [1.82, 2.24) is 0 Å². The van der Waals surface area contributed by atoms with Crippen LogP contribution in [0.3, 0.4) is 0 Å². The van der Waals surface area contributed by atoms with E-state index in [-0.39, 0.29) is 10.6 Å². The molecule has 1 aromatic rings. The molecule has 1 rings (SSSR count). The molecule has 0 nitrogen and oxygen atoms in total. The van der Waals surface area contributed by atoms with Crippen molar-refractivity contribution in [3.05, 3.63) is 34.1 Å². The summed E-state index contributed by atoms with van der Waals surface area (Å²) in [5.41, 5.74) is -1.05. The Bertz CT molecular complexity index is 306. The molecule has 0 saturated carbocycles. The second-order valence-corrected chi connectivity index (χ2v) is 2.97. The molecule has 0 N–H and O–H groups in total. The van der Waals surface area contributed by atoms with Gasteiger partial charge in [0, 0.05) is 10.6 Å². The second-order valence-electron chi connectivity index (χ2n) is 2.56. The maximum atomic E-state index is 12.8. The van der Waals surface area contributed by atoms with Crippen molar-refractivity contribution in [3.63, 3.8) is 0 Å². The molecule has 0 aromatic heterocycles. The van der Waals surface area contributed by atoms with E-state index in [1.165, 1.54) is 6.92 Å². The van der Waals surface area contributed by atoms with Gasteiger partial charge in [-0.15, -0.1) is 0 Å². The van der Waals surface area contributed by atoms with Gasteiger partial charge in [-0.05, 0) is 19.1 Å². The molecule has 0 aliphatic carbocycles. The highest BCUT2D eigenvalue weighted by molar-refractivity contribution is 6.31. The van der Waals surface area contributed by atoms with Crippen LogP contribution >= 0.6 is 11.6 Å². The van der Waals surface area contributed by atoms with Crippen molar-refractivity contribution < 1.29 is 17.6 Å². The van der Waals surface area contributed by atoms with Crippen LogP contribution in [0, 0.1) is 12.7 Å². The Morgan fingerprint density at radius 2 is 1.77 bits per heavy atom. The Hall–Kier alpha value is -0.770. The van der Waals surface area contributed by atoms with Crippen LogP contribution in [0.1, 0.15) is 11.1 Å². The normalized spacial score (nSPS) is 11.8. The van der Waals surface area contributed by atoms with E-state index in [1.807, 2.05) is 0 Å². The molecular formula is C8H5ClF4. The fourth-order valence-corrected chi connectivity index (χ4v) is 1.02. The van der Waals surface area contributed by atoms with Crippen LogP contribution in [-0.4, -0.2) is 0 Å². The molecule has 0 bridgehead atoms.